The first-order valence-electron chi connectivity index (χ1n) is 9.63. The molecule has 0 atom stereocenters. The van der Waals surface area contributed by atoms with Crippen molar-refractivity contribution < 1.29 is 17.9 Å². The van der Waals surface area contributed by atoms with Crippen LogP contribution in [0, 0.1) is 0 Å². The molecule has 4 aromatic carbocycles. The van der Waals surface area contributed by atoms with Gasteiger partial charge < -0.3 is 20.9 Å². The summed E-state index contributed by atoms with van der Waals surface area (Å²) in [6.45, 7) is 0. The Morgan fingerprint density at radius 3 is 1.27 bits per heavy atom. The minimum atomic E-state index is -3.78. The Morgan fingerprint density at radius 1 is 0.576 bits per heavy atom. The summed E-state index contributed by atoms with van der Waals surface area (Å²) in [5.41, 5.74) is 12.6. The Bertz CT molecular complexity index is 1300. The number of hydrogen-bond acceptors (Lipinski definition) is 6. The molecule has 0 fully saturated rings. The molecule has 0 amide bonds. The third-order valence-electron chi connectivity index (χ3n) is 4.64. The molecule has 0 aliphatic heterocycles. The molecule has 4 aromatic rings. The van der Waals surface area contributed by atoms with Crippen LogP contribution in [0.1, 0.15) is 0 Å². The lowest BCUT2D eigenvalue weighted by atomic mass is 10.3. The lowest BCUT2D eigenvalue weighted by Crippen LogP contribution is -2.03. The van der Waals surface area contributed by atoms with Crippen molar-refractivity contribution in [2.75, 3.05) is 11.5 Å². The van der Waals surface area contributed by atoms with E-state index in [1.54, 1.807) is 60.7 Å². The zero-order chi connectivity index (χ0) is 23.6. The lowest BCUT2D eigenvalue weighted by Gasteiger charge is -2.12. The molecule has 0 spiro atoms. The maximum Gasteiger partial charge on any atom is 0.206 e. The maximum atomic E-state index is 13.2. The monoisotopic (exact) mass is 588 g/mol. The first kappa shape index (κ1) is 23.2. The number of sulfone groups is 1. The van der Waals surface area contributed by atoms with Crippen LogP contribution in [0.3, 0.4) is 0 Å². The van der Waals surface area contributed by atoms with Crippen molar-refractivity contribution in [2.45, 2.75) is 9.79 Å². The van der Waals surface area contributed by atoms with E-state index >= 15 is 0 Å². The summed E-state index contributed by atoms with van der Waals surface area (Å²) in [6, 6.07) is 23.0. The normalized spacial score (nSPS) is 11.2. The molecule has 0 saturated carbocycles. The number of anilines is 2. The van der Waals surface area contributed by atoms with Gasteiger partial charge in [-0.2, -0.15) is 0 Å². The smallest absolute Gasteiger partial charge is 0.206 e. The zero-order valence-corrected chi connectivity index (χ0v) is 21.0. The number of halogens is 2. The quantitative estimate of drug-likeness (QED) is 0.240. The maximum absolute atomic E-state index is 13.2. The van der Waals surface area contributed by atoms with Gasteiger partial charge in [0.15, 0.2) is 0 Å². The molecule has 168 valence electrons. The SMILES string of the molecule is Nc1ccc(Oc2ccc(S(=O)(=O)c3ccc(Oc4ccc(N)cc4)c(Br)c3)cc2Br)cc1. The van der Waals surface area contributed by atoms with E-state index in [9.17, 15) is 8.42 Å². The van der Waals surface area contributed by atoms with E-state index in [0.717, 1.165) is 0 Å². The summed E-state index contributed by atoms with van der Waals surface area (Å²) in [6.07, 6.45) is 0. The Labute approximate surface area is 208 Å². The number of ether oxygens (including phenoxy) is 2. The van der Waals surface area contributed by atoms with Crippen molar-refractivity contribution in [3.05, 3.63) is 93.9 Å². The molecular formula is C24H18Br2N2O4S. The van der Waals surface area contributed by atoms with Gasteiger partial charge in [-0.1, -0.05) is 0 Å². The van der Waals surface area contributed by atoms with Crippen LogP contribution in [0.15, 0.2) is 104 Å². The summed E-state index contributed by atoms with van der Waals surface area (Å²) < 4.78 is 39.0. The van der Waals surface area contributed by atoms with Crippen LogP contribution in [-0.2, 0) is 9.84 Å². The number of hydrogen-bond donors (Lipinski definition) is 2. The fraction of sp³-hybridized carbons (Fsp3) is 0. The Balaban J connectivity index is 1.57. The largest absolute Gasteiger partial charge is 0.456 e. The Morgan fingerprint density at radius 2 is 0.939 bits per heavy atom. The molecule has 0 bridgehead atoms. The number of rotatable bonds is 6. The average molecular weight is 590 g/mol. The molecule has 9 heteroatoms. The molecule has 4 rings (SSSR count). The third kappa shape index (κ3) is 5.32. The number of nitrogens with two attached hydrogens (primary N) is 2. The topological polar surface area (TPSA) is 105 Å². The van der Waals surface area contributed by atoms with Gasteiger partial charge in [0.1, 0.15) is 23.0 Å². The summed E-state index contributed by atoms with van der Waals surface area (Å²) in [5, 5.41) is 0. The van der Waals surface area contributed by atoms with Gasteiger partial charge >= 0.3 is 0 Å². The van der Waals surface area contributed by atoms with Crippen molar-refractivity contribution >= 4 is 53.1 Å². The summed E-state index contributed by atoms with van der Waals surface area (Å²) in [4.78, 5) is 0.247. The van der Waals surface area contributed by atoms with E-state index in [1.165, 1.54) is 24.3 Å². The molecule has 0 unspecified atom stereocenters. The molecule has 0 aliphatic rings. The predicted octanol–water partition coefficient (Wildman–Crippen LogP) is 6.79. The van der Waals surface area contributed by atoms with Gasteiger partial charge in [0, 0.05) is 11.4 Å². The molecule has 4 N–H and O–H groups in total. The highest BCUT2D eigenvalue weighted by molar-refractivity contribution is 9.11. The van der Waals surface area contributed by atoms with Gasteiger partial charge in [-0.25, -0.2) is 8.42 Å². The summed E-state index contributed by atoms with van der Waals surface area (Å²) >= 11 is 6.80. The molecule has 33 heavy (non-hydrogen) atoms. The van der Waals surface area contributed by atoms with E-state index in [0.29, 0.717) is 43.3 Å². The van der Waals surface area contributed by atoms with Crippen molar-refractivity contribution in [1.29, 1.82) is 0 Å². The Kier molecular flexibility index (Phi) is 6.64. The van der Waals surface area contributed by atoms with Crippen LogP contribution < -0.4 is 20.9 Å². The summed E-state index contributed by atoms with van der Waals surface area (Å²) in [5.74, 6) is 2.13. The summed E-state index contributed by atoms with van der Waals surface area (Å²) in [7, 11) is -3.78. The minimum Gasteiger partial charge on any atom is -0.456 e. The van der Waals surface area contributed by atoms with Crippen LogP contribution in [0.5, 0.6) is 23.0 Å². The van der Waals surface area contributed by atoms with Gasteiger partial charge in [0.25, 0.3) is 0 Å². The number of benzene rings is 4. The fourth-order valence-corrected chi connectivity index (χ4v) is 5.46. The van der Waals surface area contributed by atoms with Crippen LogP contribution in [0.25, 0.3) is 0 Å². The highest BCUT2D eigenvalue weighted by atomic mass is 79.9. The Hall–Kier alpha value is -3.01. The second-order valence-corrected chi connectivity index (χ2v) is 10.7. The lowest BCUT2D eigenvalue weighted by molar-refractivity contribution is 0.479. The minimum absolute atomic E-state index is 0.123. The van der Waals surface area contributed by atoms with Crippen molar-refractivity contribution in [3.8, 4) is 23.0 Å². The second kappa shape index (κ2) is 9.46. The predicted molar refractivity (Wildman–Crippen MR) is 136 cm³/mol. The van der Waals surface area contributed by atoms with E-state index in [1.807, 2.05) is 0 Å². The highest BCUT2D eigenvalue weighted by Gasteiger charge is 2.21. The van der Waals surface area contributed by atoms with E-state index < -0.39 is 9.84 Å². The molecule has 6 nitrogen and oxygen atoms in total. The van der Waals surface area contributed by atoms with E-state index in [2.05, 4.69) is 31.9 Å². The first-order valence-corrected chi connectivity index (χ1v) is 12.7. The fourth-order valence-electron chi connectivity index (χ4n) is 2.92. The molecular weight excluding hydrogens is 572 g/mol. The van der Waals surface area contributed by atoms with Gasteiger partial charge in [-0.3, -0.25) is 0 Å². The standard InChI is InChI=1S/C24H18Br2N2O4S/c25-21-13-19(9-11-23(21)31-17-5-1-15(27)2-6-17)33(29,30)20-10-12-24(22(26)14-20)32-18-7-3-16(28)4-8-18/h1-14H,27-28H2. The zero-order valence-electron chi connectivity index (χ0n) is 17.0. The van der Waals surface area contributed by atoms with Gasteiger partial charge in [0.2, 0.25) is 9.84 Å². The van der Waals surface area contributed by atoms with Gasteiger partial charge in [-0.15, -0.1) is 0 Å². The van der Waals surface area contributed by atoms with Crippen LogP contribution in [0.4, 0.5) is 11.4 Å². The first-order chi connectivity index (χ1) is 15.7. The third-order valence-corrected chi connectivity index (χ3v) is 7.63. The van der Waals surface area contributed by atoms with Crippen molar-refractivity contribution in [2.24, 2.45) is 0 Å². The second-order valence-electron chi connectivity index (χ2n) is 7.03. The van der Waals surface area contributed by atoms with E-state index in [4.69, 9.17) is 20.9 Å². The van der Waals surface area contributed by atoms with Gasteiger partial charge in [0.05, 0.1) is 18.7 Å². The molecule has 0 radical (unpaired) electrons. The van der Waals surface area contributed by atoms with Crippen LogP contribution in [0.2, 0.25) is 0 Å². The average Bonchev–Trinajstić information content (AvgIpc) is 2.79. The molecule has 0 aromatic heterocycles. The van der Waals surface area contributed by atoms with Crippen molar-refractivity contribution in [1.82, 2.24) is 0 Å². The highest BCUT2D eigenvalue weighted by Crippen LogP contribution is 2.36. The van der Waals surface area contributed by atoms with Crippen LogP contribution in [-0.4, -0.2) is 8.42 Å². The number of nitrogen functional groups attached to an aromatic ring is 2. The molecule has 0 saturated heterocycles. The van der Waals surface area contributed by atoms with E-state index in [-0.39, 0.29) is 9.79 Å². The van der Waals surface area contributed by atoms with Gasteiger partial charge in [-0.05, 0) is 117 Å². The molecule has 0 aliphatic carbocycles. The van der Waals surface area contributed by atoms with Crippen molar-refractivity contribution in [3.63, 3.8) is 0 Å². The molecule has 0 heterocycles. The van der Waals surface area contributed by atoms with Crippen LogP contribution >= 0.6 is 31.9 Å².